The molecule has 0 aliphatic heterocycles. The van der Waals surface area contributed by atoms with Crippen molar-refractivity contribution in [3.05, 3.63) is 64.8 Å². The van der Waals surface area contributed by atoms with E-state index in [-0.39, 0.29) is 0 Å². The lowest BCUT2D eigenvalue weighted by molar-refractivity contribution is 0.982. The minimum absolute atomic E-state index is 0.394. The molecule has 0 aliphatic rings. The molecule has 0 atom stereocenters. The summed E-state index contributed by atoms with van der Waals surface area (Å²) in [5.74, 6) is 0.954. The Balaban J connectivity index is 1.74. The predicted octanol–water partition coefficient (Wildman–Crippen LogP) is 3.99. The molecule has 23 heavy (non-hydrogen) atoms. The van der Waals surface area contributed by atoms with Crippen LogP contribution in [0.5, 0.6) is 0 Å². The van der Waals surface area contributed by atoms with E-state index in [1.807, 2.05) is 36.4 Å². The van der Waals surface area contributed by atoms with E-state index in [4.69, 9.17) is 5.26 Å². The molecular weight excluding hydrogens is 356 g/mol. The monoisotopic (exact) mass is 366 g/mol. The number of benzene rings is 2. The van der Waals surface area contributed by atoms with Crippen molar-refractivity contribution in [3.63, 3.8) is 0 Å². The molecule has 0 saturated heterocycles. The molecule has 0 fully saturated rings. The number of anilines is 4. The van der Waals surface area contributed by atoms with Gasteiger partial charge in [0, 0.05) is 15.8 Å². The van der Waals surface area contributed by atoms with Crippen molar-refractivity contribution in [3.8, 4) is 6.07 Å². The van der Waals surface area contributed by atoms with Crippen LogP contribution in [0.15, 0.2) is 59.2 Å². The van der Waals surface area contributed by atoms with Gasteiger partial charge in [0.2, 0.25) is 5.95 Å². The molecule has 0 amide bonds. The molecule has 0 unspecified atom stereocenters. The van der Waals surface area contributed by atoms with Crippen LogP contribution in [0, 0.1) is 11.3 Å². The molecule has 0 radical (unpaired) electrons. The lowest BCUT2D eigenvalue weighted by Gasteiger charge is -2.07. The first-order chi connectivity index (χ1) is 11.2. The summed E-state index contributed by atoms with van der Waals surface area (Å²) in [6.07, 6.45) is 1.53. The van der Waals surface area contributed by atoms with Crippen molar-refractivity contribution in [2.24, 2.45) is 0 Å². The van der Waals surface area contributed by atoms with Crippen LogP contribution in [0.3, 0.4) is 0 Å². The van der Waals surface area contributed by atoms with Gasteiger partial charge in [0.15, 0.2) is 5.82 Å². The van der Waals surface area contributed by atoms with Gasteiger partial charge in [-0.25, -0.2) is 0 Å². The fourth-order valence-electron chi connectivity index (χ4n) is 1.86. The minimum atomic E-state index is 0.394. The number of halogens is 1. The average Bonchev–Trinajstić information content (AvgIpc) is 2.58. The smallest absolute Gasteiger partial charge is 0.249 e. The second kappa shape index (κ2) is 6.85. The van der Waals surface area contributed by atoms with Gasteiger partial charge in [0.05, 0.1) is 17.8 Å². The van der Waals surface area contributed by atoms with Crippen LogP contribution in [0.2, 0.25) is 0 Å². The molecule has 2 N–H and O–H groups in total. The maximum absolute atomic E-state index is 8.80. The van der Waals surface area contributed by atoms with Crippen LogP contribution >= 0.6 is 15.9 Å². The number of nitrogens with one attached hydrogen (secondary N) is 2. The van der Waals surface area contributed by atoms with E-state index >= 15 is 0 Å². The molecular formula is C16H11BrN6. The normalized spacial score (nSPS) is 9.91. The summed E-state index contributed by atoms with van der Waals surface area (Å²) in [4.78, 5) is 4.36. The first-order valence-corrected chi connectivity index (χ1v) is 7.52. The first kappa shape index (κ1) is 14.9. The Bertz CT molecular complexity index is 840. The summed E-state index contributed by atoms with van der Waals surface area (Å²) in [6.45, 7) is 0. The van der Waals surface area contributed by atoms with E-state index in [2.05, 4.69) is 47.8 Å². The number of aromatic nitrogens is 3. The zero-order chi connectivity index (χ0) is 16.1. The third-order valence-electron chi connectivity index (χ3n) is 2.95. The van der Waals surface area contributed by atoms with Crippen molar-refractivity contribution >= 4 is 39.1 Å². The summed E-state index contributed by atoms with van der Waals surface area (Å²) in [5.41, 5.74) is 2.29. The predicted molar refractivity (Wildman–Crippen MR) is 91.7 cm³/mol. The lowest BCUT2D eigenvalue weighted by Crippen LogP contribution is -2.02. The topological polar surface area (TPSA) is 86.5 Å². The summed E-state index contributed by atoms with van der Waals surface area (Å²) in [6, 6.07) is 16.8. The Kier molecular flexibility index (Phi) is 4.45. The summed E-state index contributed by atoms with van der Waals surface area (Å²) < 4.78 is 0.998. The lowest BCUT2D eigenvalue weighted by atomic mass is 10.2. The van der Waals surface area contributed by atoms with Gasteiger partial charge in [-0.2, -0.15) is 15.3 Å². The number of rotatable bonds is 4. The van der Waals surface area contributed by atoms with Crippen LogP contribution in [0.25, 0.3) is 0 Å². The van der Waals surface area contributed by atoms with Gasteiger partial charge in [-0.15, -0.1) is 5.10 Å². The SMILES string of the molecule is N#Cc1ccc(Nc2cnnc(Nc3ccc(Br)cc3)n2)cc1. The zero-order valence-corrected chi connectivity index (χ0v) is 13.4. The van der Waals surface area contributed by atoms with Gasteiger partial charge in [-0.05, 0) is 48.5 Å². The fraction of sp³-hybridized carbons (Fsp3) is 0. The van der Waals surface area contributed by atoms with E-state index in [1.54, 1.807) is 12.1 Å². The number of hydrogen-bond donors (Lipinski definition) is 2. The largest absolute Gasteiger partial charge is 0.339 e. The van der Waals surface area contributed by atoms with Crippen LogP contribution < -0.4 is 10.6 Å². The molecule has 7 heteroatoms. The van der Waals surface area contributed by atoms with Crippen molar-refractivity contribution < 1.29 is 0 Å². The molecule has 6 nitrogen and oxygen atoms in total. The molecule has 0 saturated carbocycles. The quantitative estimate of drug-likeness (QED) is 0.725. The molecule has 112 valence electrons. The van der Waals surface area contributed by atoms with Crippen molar-refractivity contribution in [2.45, 2.75) is 0 Å². The second-order valence-electron chi connectivity index (χ2n) is 4.61. The van der Waals surface area contributed by atoms with E-state index < -0.39 is 0 Å². The van der Waals surface area contributed by atoms with Crippen LogP contribution in [-0.4, -0.2) is 15.2 Å². The first-order valence-electron chi connectivity index (χ1n) is 6.72. The molecule has 3 aromatic rings. The Morgan fingerprint density at radius 2 is 1.57 bits per heavy atom. The fourth-order valence-corrected chi connectivity index (χ4v) is 2.12. The average molecular weight is 367 g/mol. The maximum Gasteiger partial charge on any atom is 0.249 e. The Morgan fingerprint density at radius 3 is 2.26 bits per heavy atom. The van der Waals surface area contributed by atoms with Gasteiger partial charge >= 0.3 is 0 Å². The summed E-state index contributed by atoms with van der Waals surface area (Å²) in [7, 11) is 0. The van der Waals surface area contributed by atoms with Gasteiger partial charge in [0.25, 0.3) is 0 Å². The van der Waals surface area contributed by atoms with E-state index in [0.29, 0.717) is 17.3 Å². The highest BCUT2D eigenvalue weighted by Gasteiger charge is 2.02. The molecule has 2 aromatic carbocycles. The van der Waals surface area contributed by atoms with Gasteiger partial charge < -0.3 is 10.6 Å². The van der Waals surface area contributed by atoms with Crippen LogP contribution in [0.4, 0.5) is 23.1 Å². The Morgan fingerprint density at radius 1 is 0.913 bits per heavy atom. The summed E-state index contributed by atoms with van der Waals surface area (Å²) in [5, 5.41) is 22.9. The van der Waals surface area contributed by atoms with E-state index in [1.165, 1.54) is 6.20 Å². The minimum Gasteiger partial charge on any atom is -0.339 e. The molecule has 1 aromatic heterocycles. The Labute approximate surface area is 141 Å². The molecule has 3 rings (SSSR count). The third-order valence-corrected chi connectivity index (χ3v) is 3.47. The van der Waals surface area contributed by atoms with Gasteiger partial charge in [-0.1, -0.05) is 15.9 Å². The second-order valence-corrected chi connectivity index (χ2v) is 5.53. The highest BCUT2D eigenvalue weighted by atomic mass is 79.9. The summed E-state index contributed by atoms with van der Waals surface area (Å²) >= 11 is 3.39. The van der Waals surface area contributed by atoms with Crippen molar-refractivity contribution in [2.75, 3.05) is 10.6 Å². The van der Waals surface area contributed by atoms with Crippen LogP contribution in [0.1, 0.15) is 5.56 Å². The maximum atomic E-state index is 8.80. The molecule has 0 spiro atoms. The Hall–Kier alpha value is -2.98. The molecule has 0 aliphatic carbocycles. The van der Waals surface area contributed by atoms with E-state index in [0.717, 1.165) is 15.8 Å². The number of hydrogen-bond acceptors (Lipinski definition) is 6. The molecule has 0 bridgehead atoms. The number of nitrogens with zero attached hydrogens (tertiary/aromatic N) is 4. The highest BCUT2D eigenvalue weighted by molar-refractivity contribution is 9.10. The number of nitriles is 1. The van der Waals surface area contributed by atoms with Crippen molar-refractivity contribution in [1.82, 2.24) is 15.2 Å². The van der Waals surface area contributed by atoms with Gasteiger partial charge in [-0.3, -0.25) is 0 Å². The third kappa shape index (κ3) is 4.02. The zero-order valence-electron chi connectivity index (χ0n) is 11.9. The van der Waals surface area contributed by atoms with Gasteiger partial charge in [0.1, 0.15) is 0 Å². The van der Waals surface area contributed by atoms with Crippen LogP contribution in [-0.2, 0) is 0 Å². The molecule has 1 heterocycles. The highest BCUT2D eigenvalue weighted by Crippen LogP contribution is 2.19. The standard InChI is InChI=1S/C16H11BrN6/c17-12-3-7-14(8-4-12)21-16-22-15(10-19-23-16)20-13-5-1-11(9-18)2-6-13/h1-8,10H,(H2,20,21,22,23). The van der Waals surface area contributed by atoms with E-state index in [9.17, 15) is 0 Å². The van der Waals surface area contributed by atoms with Crippen molar-refractivity contribution in [1.29, 1.82) is 5.26 Å².